The fourth-order valence-corrected chi connectivity index (χ4v) is 3.91. The van der Waals surface area contributed by atoms with Crippen molar-refractivity contribution in [1.82, 2.24) is 10.0 Å². The lowest BCUT2D eigenvalue weighted by atomic mass is 9.88. The molecule has 1 saturated carbocycles. The summed E-state index contributed by atoms with van der Waals surface area (Å²) >= 11 is 0. The second-order valence-corrected chi connectivity index (χ2v) is 7.22. The Morgan fingerprint density at radius 1 is 1.26 bits per heavy atom. The summed E-state index contributed by atoms with van der Waals surface area (Å²) < 4.78 is 26.2. The first-order chi connectivity index (χ1) is 8.94. The third kappa shape index (κ3) is 6.38. The minimum Gasteiger partial charge on any atom is -0.355 e. The molecule has 2 N–H and O–H groups in total. The van der Waals surface area contributed by atoms with Gasteiger partial charge in [-0.2, -0.15) is 0 Å². The van der Waals surface area contributed by atoms with Crippen LogP contribution in [0.1, 0.15) is 52.4 Å². The number of hydrogen-bond donors (Lipinski definition) is 2. The van der Waals surface area contributed by atoms with Crippen LogP contribution in [-0.4, -0.2) is 32.7 Å². The summed E-state index contributed by atoms with van der Waals surface area (Å²) in [5.74, 6) is 0.385. The van der Waals surface area contributed by atoms with E-state index in [9.17, 15) is 13.2 Å². The lowest BCUT2D eigenvalue weighted by Crippen LogP contribution is -2.45. The SMILES string of the molecule is CCNC(=O)[C@H](C)NS(=O)(=O)CCC1CCCCC1. The zero-order valence-corrected chi connectivity index (χ0v) is 12.8. The smallest absolute Gasteiger partial charge is 0.237 e. The Hall–Kier alpha value is -0.620. The topological polar surface area (TPSA) is 75.3 Å². The van der Waals surface area contributed by atoms with Crippen molar-refractivity contribution in [3.05, 3.63) is 0 Å². The van der Waals surface area contributed by atoms with E-state index in [1.807, 2.05) is 6.92 Å². The van der Waals surface area contributed by atoms with Gasteiger partial charge < -0.3 is 5.32 Å². The molecular formula is C13H26N2O3S. The summed E-state index contributed by atoms with van der Waals surface area (Å²) in [7, 11) is -3.35. The third-order valence-corrected chi connectivity index (χ3v) is 5.11. The molecule has 112 valence electrons. The maximum atomic E-state index is 11.9. The highest BCUT2D eigenvalue weighted by Crippen LogP contribution is 2.26. The lowest BCUT2D eigenvalue weighted by molar-refractivity contribution is -0.122. The number of nitrogens with one attached hydrogen (secondary N) is 2. The molecule has 1 aliphatic rings. The molecule has 1 fully saturated rings. The predicted octanol–water partition coefficient (Wildman–Crippen LogP) is 1.40. The lowest BCUT2D eigenvalue weighted by Gasteiger charge is -2.21. The molecule has 0 aromatic rings. The molecule has 1 atom stereocenters. The zero-order valence-electron chi connectivity index (χ0n) is 11.9. The van der Waals surface area contributed by atoms with Gasteiger partial charge in [0.1, 0.15) is 0 Å². The number of hydrogen-bond acceptors (Lipinski definition) is 3. The molecule has 6 heteroatoms. The summed E-state index contributed by atoms with van der Waals surface area (Å²) in [6, 6.07) is -0.698. The van der Waals surface area contributed by atoms with E-state index >= 15 is 0 Å². The Balaban J connectivity index is 2.36. The molecule has 0 bridgehead atoms. The Labute approximate surface area is 116 Å². The second-order valence-electron chi connectivity index (χ2n) is 5.35. The highest BCUT2D eigenvalue weighted by atomic mass is 32.2. The van der Waals surface area contributed by atoms with E-state index in [1.165, 1.54) is 19.3 Å². The first-order valence-electron chi connectivity index (χ1n) is 7.22. The minimum absolute atomic E-state index is 0.126. The quantitative estimate of drug-likeness (QED) is 0.744. The average molecular weight is 290 g/mol. The molecule has 0 heterocycles. The Morgan fingerprint density at radius 3 is 2.47 bits per heavy atom. The van der Waals surface area contributed by atoms with Crippen LogP contribution in [-0.2, 0) is 14.8 Å². The van der Waals surface area contributed by atoms with Gasteiger partial charge in [0, 0.05) is 6.54 Å². The molecule has 0 unspecified atom stereocenters. The van der Waals surface area contributed by atoms with Crippen molar-refractivity contribution in [3.63, 3.8) is 0 Å². The summed E-state index contributed by atoms with van der Waals surface area (Å²) in [6.45, 7) is 3.89. The number of sulfonamides is 1. The highest BCUT2D eigenvalue weighted by molar-refractivity contribution is 7.89. The van der Waals surface area contributed by atoms with Gasteiger partial charge in [0.2, 0.25) is 15.9 Å². The van der Waals surface area contributed by atoms with Crippen LogP contribution in [0.3, 0.4) is 0 Å². The van der Waals surface area contributed by atoms with Crippen LogP contribution in [0.2, 0.25) is 0 Å². The first kappa shape index (κ1) is 16.4. The van der Waals surface area contributed by atoms with Gasteiger partial charge in [0.25, 0.3) is 0 Å². The molecule has 0 aromatic carbocycles. The van der Waals surface area contributed by atoms with Crippen molar-refractivity contribution >= 4 is 15.9 Å². The molecule has 1 aliphatic carbocycles. The number of likely N-dealkylation sites (N-methyl/N-ethyl adjacent to an activating group) is 1. The average Bonchev–Trinajstić information content (AvgIpc) is 2.37. The molecule has 0 radical (unpaired) electrons. The van der Waals surface area contributed by atoms with Gasteiger partial charge >= 0.3 is 0 Å². The predicted molar refractivity (Wildman–Crippen MR) is 76.3 cm³/mol. The van der Waals surface area contributed by atoms with Crippen molar-refractivity contribution in [3.8, 4) is 0 Å². The summed E-state index contributed by atoms with van der Waals surface area (Å²) in [5.41, 5.74) is 0. The van der Waals surface area contributed by atoms with Crippen molar-refractivity contribution in [1.29, 1.82) is 0 Å². The monoisotopic (exact) mass is 290 g/mol. The molecule has 0 spiro atoms. The fourth-order valence-electron chi connectivity index (χ4n) is 2.51. The minimum atomic E-state index is -3.35. The maximum absolute atomic E-state index is 11.9. The molecule has 1 rings (SSSR count). The van der Waals surface area contributed by atoms with Gasteiger partial charge in [-0.25, -0.2) is 13.1 Å². The van der Waals surface area contributed by atoms with Crippen molar-refractivity contribution < 1.29 is 13.2 Å². The number of carbonyl (C=O) groups excluding carboxylic acids is 1. The number of rotatable bonds is 7. The normalized spacial score (nSPS) is 19.1. The van der Waals surface area contributed by atoms with E-state index in [1.54, 1.807) is 6.92 Å². The summed E-state index contributed by atoms with van der Waals surface area (Å²) in [6.07, 6.45) is 6.69. The van der Waals surface area contributed by atoms with Crippen LogP contribution in [0.15, 0.2) is 0 Å². The van der Waals surface area contributed by atoms with Gasteiger partial charge in [-0.3, -0.25) is 4.79 Å². The van der Waals surface area contributed by atoms with Crippen molar-refractivity contribution in [2.24, 2.45) is 5.92 Å². The zero-order chi connectivity index (χ0) is 14.3. The van der Waals surface area contributed by atoms with Crippen LogP contribution in [0.4, 0.5) is 0 Å². The Bertz CT molecular complexity index is 375. The molecule has 5 nitrogen and oxygen atoms in total. The van der Waals surface area contributed by atoms with Crippen molar-refractivity contribution in [2.45, 2.75) is 58.4 Å². The maximum Gasteiger partial charge on any atom is 0.237 e. The van der Waals surface area contributed by atoms with E-state index in [0.29, 0.717) is 18.9 Å². The van der Waals surface area contributed by atoms with Crippen LogP contribution in [0.25, 0.3) is 0 Å². The van der Waals surface area contributed by atoms with Gasteiger partial charge in [0.15, 0.2) is 0 Å². The standard InChI is InChI=1S/C13H26N2O3S/c1-3-14-13(16)11(2)15-19(17,18)10-9-12-7-5-4-6-8-12/h11-12,15H,3-10H2,1-2H3,(H,14,16)/t11-/m0/s1. The third-order valence-electron chi connectivity index (χ3n) is 3.62. The van der Waals surface area contributed by atoms with Gasteiger partial charge in [-0.05, 0) is 26.2 Å². The van der Waals surface area contributed by atoms with E-state index < -0.39 is 16.1 Å². The van der Waals surface area contributed by atoms with E-state index in [4.69, 9.17) is 0 Å². The summed E-state index contributed by atoms with van der Waals surface area (Å²) in [4.78, 5) is 11.5. The van der Waals surface area contributed by atoms with E-state index in [2.05, 4.69) is 10.0 Å². The fraction of sp³-hybridized carbons (Fsp3) is 0.923. The van der Waals surface area contributed by atoms with Crippen molar-refractivity contribution in [2.75, 3.05) is 12.3 Å². The molecule has 19 heavy (non-hydrogen) atoms. The molecule has 1 amide bonds. The van der Waals surface area contributed by atoms with E-state index in [0.717, 1.165) is 12.8 Å². The molecular weight excluding hydrogens is 264 g/mol. The van der Waals surface area contributed by atoms with Crippen LogP contribution >= 0.6 is 0 Å². The van der Waals surface area contributed by atoms with Crippen LogP contribution in [0, 0.1) is 5.92 Å². The summed E-state index contributed by atoms with van der Waals surface area (Å²) in [5, 5.41) is 2.61. The van der Waals surface area contributed by atoms with Gasteiger partial charge in [-0.1, -0.05) is 32.1 Å². The second kappa shape index (κ2) is 7.85. The molecule has 0 aromatic heterocycles. The van der Waals surface area contributed by atoms with Crippen LogP contribution < -0.4 is 10.0 Å². The first-order valence-corrected chi connectivity index (χ1v) is 8.87. The highest BCUT2D eigenvalue weighted by Gasteiger charge is 2.22. The Kier molecular flexibility index (Phi) is 6.79. The Morgan fingerprint density at radius 2 is 1.89 bits per heavy atom. The van der Waals surface area contributed by atoms with E-state index in [-0.39, 0.29) is 11.7 Å². The molecule has 0 saturated heterocycles. The van der Waals surface area contributed by atoms with Gasteiger partial charge in [0.05, 0.1) is 11.8 Å². The molecule has 0 aliphatic heterocycles. The number of amides is 1. The van der Waals surface area contributed by atoms with Crippen LogP contribution in [0.5, 0.6) is 0 Å². The number of carbonyl (C=O) groups is 1. The largest absolute Gasteiger partial charge is 0.355 e. The van der Waals surface area contributed by atoms with Gasteiger partial charge in [-0.15, -0.1) is 0 Å².